The van der Waals surface area contributed by atoms with Crippen LogP contribution in [0.25, 0.3) is 176 Å². The fourth-order valence-corrected chi connectivity index (χ4v) is 28.3. The molecule has 0 heterocycles. The molecular weight excluding hydrogens is 1570 g/mol. The molecule has 0 nitrogen and oxygen atoms in total. The molecule has 0 aromatic heterocycles. The van der Waals surface area contributed by atoms with Gasteiger partial charge in [-0.1, -0.05) is 450 Å². The molecule has 129 heavy (non-hydrogen) atoms. The highest BCUT2D eigenvalue weighted by molar-refractivity contribution is 7.19. The van der Waals surface area contributed by atoms with Gasteiger partial charge in [0.2, 0.25) is 0 Å². The summed E-state index contributed by atoms with van der Waals surface area (Å²) in [6.07, 6.45) is 0. The first-order chi connectivity index (χ1) is 63.0. The van der Waals surface area contributed by atoms with Crippen LogP contribution in [0.15, 0.2) is 437 Å². The van der Waals surface area contributed by atoms with Crippen molar-refractivity contribution >= 4 is 82.7 Å². The molecule has 0 unspecified atom stereocenters. The maximum absolute atomic E-state index is 2.71. The first-order valence-corrected chi connectivity index (χ1v) is 47.8. The molecule has 0 radical (unpaired) electrons. The molecule has 21 aromatic rings. The summed E-state index contributed by atoms with van der Waals surface area (Å²) < 4.78 is 0. The number of benzene rings is 21. The maximum Gasteiger partial charge on any atom is 0.179 e. The third kappa shape index (κ3) is 12.0. The molecule has 0 fully saturated rings. The quantitative estimate of drug-likeness (QED) is 0.0688. The Morgan fingerprint density at radius 1 is 0.140 bits per heavy atom. The summed E-state index contributed by atoms with van der Waals surface area (Å²) in [5, 5.41) is 18.2. The minimum atomic E-state index is -2.71. The fraction of sp³-hybridized carbons (Fsp3) is 0.0938. The number of fused-ring (bicyclic) bond motifs is 17. The average Bonchev–Trinajstić information content (AvgIpc) is 1.58. The van der Waals surface area contributed by atoms with Crippen molar-refractivity contribution in [3.05, 3.63) is 481 Å². The van der Waals surface area contributed by atoms with Gasteiger partial charge in [-0.3, -0.25) is 0 Å². The van der Waals surface area contributed by atoms with Crippen LogP contribution in [0.1, 0.15) is 99.9 Å². The van der Waals surface area contributed by atoms with E-state index in [-0.39, 0.29) is 21.7 Å². The normalized spacial score (nSPS) is 14.1. The molecule has 1 heteroatoms. The molecule has 21 aromatic carbocycles. The van der Waals surface area contributed by atoms with Crippen LogP contribution in [-0.2, 0) is 21.7 Å². The van der Waals surface area contributed by atoms with Gasteiger partial charge in [0.25, 0.3) is 0 Å². The summed E-state index contributed by atoms with van der Waals surface area (Å²) in [6.45, 7) is 19.0. The number of hydrogen-bond donors (Lipinski definition) is 0. The van der Waals surface area contributed by atoms with Gasteiger partial charge in [0.15, 0.2) is 8.07 Å². The molecule has 4 aliphatic carbocycles. The molecular formula is C128H96Si. The van der Waals surface area contributed by atoms with Crippen molar-refractivity contribution in [2.45, 2.75) is 77.0 Å². The molecule has 0 bridgehead atoms. The van der Waals surface area contributed by atoms with Gasteiger partial charge in [-0.2, -0.15) is 0 Å². The number of hydrogen-bond acceptors (Lipinski definition) is 0. The van der Waals surface area contributed by atoms with E-state index in [9.17, 15) is 0 Å². The van der Waals surface area contributed by atoms with Gasteiger partial charge in [-0.05, 0) is 284 Å². The van der Waals surface area contributed by atoms with Crippen molar-refractivity contribution in [3.63, 3.8) is 0 Å². The van der Waals surface area contributed by atoms with E-state index < -0.39 is 8.07 Å². The molecule has 0 saturated heterocycles. The van der Waals surface area contributed by atoms with Crippen LogP contribution in [0.2, 0.25) is 0 Å². The minimum Gasteiger partial charge on any atom is -0.0623 e. The van der Waals surface area contributed by atoms with Crippen LogP contribution in [-0.4, -0.2) is 8.07 Å². The lowest BCUT2D eigenvalue weighted by molar-refractivity contribution is 0.660. The van der Waals surface area contributed by atoms with Crippen LogP contribution in [0, 0.1) is 0 Å². The van der Waals surface area contributed by atoms with Crippen molar-refractivity contribution in [3.8, 4) is 122 Å². The Bertz CT molecular complexity index is 8080. The van der Waals surface area contributed by atoms with Crippen molar-refractivity contribution < 1.29 is 0 Å². The molecule has 4 aliphatic rings. The third-order valence-electron chi connectivity index (χ3n) is 30.1. The highest BCUT2D eigenvalue weighted by Gasteiger charge is 2.44. The lowest BCUT2D eigenvalue weighted by Crippen LogP contribution is -2.74. The Labute approximate surface area is 757 Å². The monoisotopic (exact) mass is 1660 g/mol. The van der Waals surface area contributed by atoms with Crippen LogP contribution >= 0.6 is 0 Å². The maximum atomic E-state index is 2.51. The number of rotatable bonds is 11. The standard InChI is InChI=1S/C68H52Si.C60H44/c1-67(2)61-30-18-16-26-53(61)55-39-34-47(43-63(55)67)46-35-41-59-60(42-46)66(48-36-40-56-54-27-17-19-31-62(54)68(3,4)64(56)44-48)58-29-15-14-28-57(58)65(59)45-32-37-52(38-33-45)69(49-20-8-5-9-21-49,50-22-10-6-11-23-50)51-24-12-7-13-25-51;1-59(2)53-19-11-9-15-45(53)47-30-27-43(35-55(47)59)42-28-32-51-52(34-42)58(44-29-31-48-46-16-10-12-20-54(46)60(3,4)56(48)36-44)50-18-8-7-17-49(50)57(51)39-24-21-38(22-25-39)41-26-23-37-13-5-6-14-40(37)33-41/h5-44H,1-4H3;5-36H,1-4H3. The zero-order valence-electron chi connectivity index (χ0n) is 74.1. The minimum absolute atomic E-state index is 0.0683. The first kappa shape index (κ1) is 77.7. The van der Waals surface area contributed by atoms with E-state index in [0.717, 1.165) is 0 Å². The Balaban J connectivity index is 0.000000145. The molecule has 0 aliphatic heterocycles. The Morgan fingerprint density at radius 3 is 0.744 bits per heavy atom. The molecule has 0 saturated carbocycles. The summed E-state index contributed by atoms with van der Waals surface area (Å²) in [5.41, 5.74) is 39.1. The van der Waals surface area contributed by atoms with E-state index in [2.05, 4.69) is 492 Å². The largest absolute Gasteiger partial charge is 0.179 e. The van der Waals surface area contributed by atoms with Gasteiger partial charge in [-0.15, -0.1) is 0 Å². The Kier molecular flexibility index (Phi) is 17.8. The molecule has 0 spiro atoms. The summed E-state index contributed by atoms with van der Waals surface area (Å²) in [7, 11) is -2.71. The predicted molar refractivity (Wildman–Crippen MR) is 552 cm³/mol. The zero-order chi connectivity index (χ0) is 86.8. The highest BCUT2D eigenvalue weighted by Crippen LogP contribution is 2.57. The third-order valence-corrected chi connectivity index (χ3v) is 34.9. The lowest BCUT2D eigenvalue weighted by Gasteiger charge is -2.34. The topological polar surface area (TPSA) is 0 Å². The van der Waals surface area contributed by atoms with Crippen molar-refractivity contribution in [2.24, 2.45) is 0 Å². The molecule has 0 atom stereocenters. The summed E-state index contributed by atoms with van der Waals surface area (Å²) in [4.78, 5) is 0. The van der Waals surface area contributed by atoms with E-state index in [4.69, 9.17) is 0 Å². The van der Waals surface area contributed by atoms with E-state index in [1.54, 1.807) is 0 Å². The highest BCUT2D eigenvalue weighted by atomic mass is 28.3. The SMILES string of the molecule is CC1(C)c2ccccc2-c2ccc(-c3ccc4c(-c5ccc(-c6ccc7ccccc7c6)cc5)c5ccccc5c(-c5ccc6c(c5)C(C)(C)c5ccccc5-6)c4c3)cc21.CC1(C)c2ccccc2-c2ccc(-c3ccc4c(-c5ccc([Si](c6ccccc6)(c6ccccc6)c6ccccc6)cc5)c5ccccc5c(-c5ccc6c(c5)C(C)(C)c5ccccc5-6)c4c3)cc21. The van der Waals surface area contributed by atoms with Crippen molar-refractivity contribution in [1.29, 1.82) is 0 Å². The molecule has 612 valence electrons. The first-order valence-electron chi connectivity index (χ1n) is 45.8. The zero-order valence-corrected chi connectivity index (χ0v) is 75.1. The summed E-state index contributed by atoms with van der Waals surface area (Å²) in [6, 6.07) is 165. The summed E-state index contributed by atoms with van der Waals surface area (Å²) >= 11 is 0. The van der Waals surface area contributed by atoms with Gasteiger partial charge in [-0.25, -0.2) is 0 Å². The van der Waals surface area contributed by atoms with E-state index in [1.165, 1.54) is 242 Å². The predicted octanol–water partition coefficient (Wildman–Crippen LogP) is 31.4. The molecule has 25 rings (SSSR count). The van der Waals surface area contributed by atoms with Crippen molar-refractivity contribution in [1.82, 2.24) is 0 Å². The lowest BCUT2D eigenvalue weighted by atomic mass is 9.80. The second-order valence-corrected chi connectivity index (χ2v) is 42.2. The second-order valence-electron chi connectivity index (χ2n) is 38.4. The molecule has 0 N–H and O–H groups in total. The van der Waals surface area contributed by atoms with Crippen LogP contribution in [0.5, 0.6) is 0 Å². The smallest absolute Gasteiger partial charge is 0.0623 e. The van der Waals surface area contributed by atoms with Crippen LogP contribution in [0.4, 0.5) is 0 Å². The van der Waals surface area contributed by atoms with E-state index in [0.29, 0.717) is 0 Å². The fourth-order valence-electron chi connectivity index (χ4n) is 23.6. The Hall–Kier alpha value is -14.9. The Morgan fingerprint density at radius 2 is 0.372 bits per heavy atom. The van der Waals surface area contributed by atoms with Gasteiger partial charge >= 0.3 is 0 Å². The van der Waals surface area contributed by atoms with E-state index in [1.807, 2.05) is 0 Å². The summed E-state index contributed by atoms with van der Waals surface area (Å²) in [5.74, 6) is 0. The van der Waals surface area contributed by atoms with Gasteiger partial charge in [0.1, 0.15) is 0 Å². The van der Waals surface area contributed by atoms with Gasteiger partial charge in [0, 0.05) is 21.7 Å². The van der Waals surface area contributed by atoms with Crippen molar-refractivity contribution in [2.75, 3.05) is 0 Å². The average molecular weight is 1660 g/mol. The van der Waals surface area contributed by atoms with Crippen LogP contribution in [0.3, 0.4) is 0 Å². The van der Waals surface area contributed by atoms with E-state index >= 15 is 0 Å². The van der Waals surface area contributed by atoms with Gasteiger partial charge < -0.3 is 0 Å². The van der Waals surface area contributed by atoms with Crippen LogP contribution < -0.4 is 20.7 Å². The van der Waals surface area contributed by atoms with Gasteiger partial charge in [0.05, 0.1) is 0 Å². The molecule has 0 amide bonds. The second kappa shape index (κ2) is 29.6.